The van der Waals surface area contributed by atoms with Gasteiger partial charge in [0.05, 0.1) is 21.7 Å². The Morgan fingerprint density at radius 2 is 1.81 bits per heavy atom. The monoisotopic (exact) mass is 414 g/mol. The standard InChI is InChI=1S/C17H14ClF3N4OS/c1-10-5-11(2)7-13(6-10)27(26)24-15-3-4-23-25(15)16-14(18)8-12(9-22-16)17(19,20)21/h3-9,24H,1-2H3. The molecule has 2 aromatic heterocycles. The lowest BCUT2D eigenvalue weighted by Gasteiger charge is -2.12. The van der Waals surface area contributed by atoms with Crippen LogP contribution >= 0.6 is 11.6 Å². The molecule has 0 radical (unpaired) electrons. The largest absolute Gasteiger partial charge is 0.417 e. The molecule has 1 unspecified atom stereocenters. The van der Waals surface area contributed by atoms with E-state index < -0.39 is 22.7 Å². The van der Waals surface area contributed by atoms with Crippen LogP contribution in [0.2, 0.25) is 5.02 Å². The Morgan fingerprint density at radius 3 is 2.41 bits per heavy atom. The molecule has 0 fully saturated rings. The topological polar surface area (TPSA) is 59.8 Å². The fraction of sp³-hybridized carbons (Fsp3) is 0.176. The number of benzene rings is 1. The SMILES string of the molecule is Cc1cc(C)cc(S(=O)Nc2ccnn2-c2ncc(C(F)(F)F)cc2Cl)c1. The van der Waals surface area contributed by atoms with Gasteiger partial charge in [0.2, 0.25) is 0 Å². The van der Waals surface area contributed by atoms with Crippen molar-refractivity contribution in [1.29, 1.82) is 0 Å². The molecular formula is C17H14ClF3N4OS. The molecule has 0 aliphatic carbocycles. The normalized spacial score (nSPS) is 12.8. The molecule has 0 spiro atoms. The van der Waals surface area contributed by atoms with Crippen LogP contribution in [0.3, 0.4) is 0 Å². The van der Waals surface area contributed by atoms with Crippen molar-refractivity contribution < 1.29 is 17.4 Å². The smallest absolute Gasteiger partial charge is 0.285 e. The van der Waals surface area contributed by atoms with Crippen molar-refractivity contribution >= 4 is 28.4 Å². The Hall–Kier alpha value is -2.39. The molecule has 0 aliphatic rings. The van der Waals surface area contributed by atoms with Gasteiger partial charge in [0.1, 0.15) is 5.82 Å². The van der Waals surface area contributed by atoms with Crippen LogP contribution in [-0.2, 0) is 17.2 Å². The van der Waals surface area contributed by atoms with E-state index in [1.54, 1.807) is 12.1 Å². The van der Waals surface area contributed by atoms with Gasteiger partial charge in [0.15, 0.2) is 16.8 Å². The maximum Gasteiger partial charge on any atom is 0.417 e. The zero-order valence-corrected chi connectivity index (χ0v) is 15.8. The quantitative estimate of drug-likeness (QED) is 0.673. The summed E-state index contributed by atoms with van der Waals surface area (Å²) < 4.78 is 54.9. The lowest BCUT2D eigenvalue weighted by atomic mass is 10.2. The average molecular weight is 415 g/mol. The summed E-state index contributed by atoms with van der Waals surface area (Å²) in [5.41, 5.74) is 0.957. The second-order valence-corrected chi connectivity index (χ2v) is 7.47. The molecule has 5 nitrogen and oxygen atoms in total. The van der Waals surface area contributed by atoms with Crippen molar-refractivity contribution in [2.75, 3.05) is 4.72 Å². The van der Waals surface area contributed by atoms with Gasteiger partial charge in [-0.15, -0.1) is 0 Å². The van der Waals surface area contributed by atoms with Crippen LogP contribution < -0.4 is 4.72 Å². The molecule has 27 heavy (non-hydrogen) atoms. The molecule has 2 heterocycles. The molecule has 1 aromatic carbocycles. The minimum absolute atomic E-state index is 0.00501. The van der Waals surface area contributed by atoms with E-state index in [4.69, 9.17) is 11.6 Å². The molecule has 0 saturated carbocycles. The zero-order chi connectivity index (χ0) is 19.8. The number of nitrogens with one attached hydrogen (secondary N) is 1. The van der Waals surface area contributed by atoms with Crippen LogP contribution in [-0.4, -0.2) is 19.0 Å². The number of hydrogen-bond donors (Lipinski definition) is 1. The zero-order valence-electron chi connectivity index (χ0n) is 14.2. The predicted molar refractivity (Wildman–Crippen MR) is 97.3 cm³/mol. The first-order chi connectivity index (χ1) is 12.6. The Bertz CT molecular complexity index is 999. The van der Waals surface area contributed by atoms with Gasteiger partial charge in [-0.2, -0.15) is 23.0 Å². The van der Waals surface area contributed by atoms with E-state index in [2.05, 4.69) is 14.8 Å². The third-order valence-corrected chi connectivity index (χ3v) is 4.94. The van der Waals surface area contributed by atoms with E-state index >= 15 is 0 Å². The highest BCUT2D eigenvalue weighted by Crippen LogP contribution is 2.32. The lowest BCUT2D eigenvalue weighted by molar-refractivity contribution is -0.137. The summed E-state index contributed by atoms with van der Waals surface area (Å²) in [6, 6.07) is 7.81. The average Bonchev–Trinajstić information content (AvgIpc) is 3.00. The van der Waals surface area contributed by atoms with E-state index in [-0.39, 0.29) is 16.7 Å². The van der Waals surface area contributed by atoms with Gasteiger partial charge in [-0.3, -0.25) is 4.72 Å². The molecule has 3 rings (SSSR count). The number of hydrogen-bond acceptors (Lipinski definition) is 3. The minimum Gasteiger partial charge on any atom is -0.285 e. The Kier molecular flexibility index (Phi) is 5.25. The molecule has 0 amide bonds. The maximum atomic E-state index is 12.8. The van der Waals surface area contributed by atoms with Gasteiger partial charge in [-0.25, -0.2) is 9.19 Å². The summed E-state index contributed by atoms with van der Waals surface area (Å²) in [4.78, 5) is 4.33. The van der Waals surface area contributed by atoms with E-state index in [9.17, 15) is 17.4 Å². The number of anilines is 1. The molecule has 10 heteroatoms. The van der Waals surface area contributed by atoms with Gasteiger partial charge in [0, 0.05) is 12.3 Å². The van der Waals surface area contributed by atoms with E-state index in [0.717, 1.165) is 17.2 Å². The number of nitrogens with zero attached hydrogens (tertiary/aromatic N) is 3. The molecule has 0 saturated heterocycles. The van der Waals surface area contributed by atoms with Crippen molar-refractivity contribution in [1.82, 2.24) is 14.8 Å². The van der Waals surface area contributed by atoms with Gasteiger partial charge in [-0.1, -0.05) is 17.7 Å². The number of aryl methyl sites for hydroxylation is 2. The van der Waals surface area contributed by atoms with Gasteiger partial charge in [0.25, 0.3) is 0 Å². The summed E-state index contributed by atoms with van der Waals surface area (Å²) >= 11 is 5.97. The highest BCUT2D eigenvalue weighted by molar-refractivity contribution is 7.86. The number of aromatic nitrogens is 3. The van der Waals surface area contributed by atoms with Gasteiger partial charge >= 0.3 is 6.18 Å². The summed E-state index contributed by atoms with van der Waals surface area (Å²) in [5, 5.41) is 3.78. The van der Waals surface area contributed by atoms with Gasteiger partial charge < -0.3 is 0 Å². The number of pyridine rings is 1. The molecule has 1 atom stereocenters. The summed E-state index contributed by atoms with van der Waals surface area (Å²) in [5.74, 6) is 0.274. The van der Waals surface area contributed by atoms with Crippen LogP contribution in [0.5, 0.6) is 0 Å². The summed E-state index contributed by atoms with van der Waals surface area (Å²) in [6.07, 6.45) is -2.48. The fourth-order valence-electron chi connectivity index (χ4n) is 2.48. The molecule has 0 bridgehead atoms. The molecule has 142 valence electrons. The second kappa shape index (κ2) is 7.32. The number of rotatable bonds is 4. The predicted octanol–water partition coefficient (Wildman–Crippen LogP) is 4.69. The Balaban J connectivity index is 1.91. The fourth-order valence-corrected chi connectivity index (χ4v) is 3.78. The van der Waals surface area contributed by atoms with E-state index in [1.807, 2.05) is 19.9 Å². The molecule has 0 aliphatic heterocycles. The minimum atomic E-state index is -4.55. The number of halogens is 4. The number of alkyl halides is 3. The van der Waals surface area contributed by atoms with E-state index in [1.165, 1.54) is 16.9 Å². The Labute approximate surface area is 160 Å². The molecule has 3 aromatic rings. The lowest BCUT2D eigenvalue weighted by Crippen LogP contribution is -2.12. The first kappa shape index (κ1) is 19.4. The van der Waals surface area contributed by atoms with Crippen molar-refractivity contribution in [2.45, 2.75) is 24.9 Å². The summed E-state index contributed by atoms with van der Waals surface area (Å²) in [7, 11) is -1.60. The molecule has 1 N–H and O–H groups in total. The van der Waals surface area contributed by atoms with Crippen LogP contribution in [0.25, 0.3) is 5.82 Å². The van der Waals surface area contributed by atoms with Crippen LogP contribution in [0.15, 0.2) is 47.6 Å². The highest BCUT2D eigenvalue weighted by atomic mass is 35.5. The first-order valence-corrected chi connectivity index (χ1v) is 9.22. The van der Waals surface area contributed by atoms with Gasteiger partial charge in [-0.05, 0) is 43.2 Å². The van der Waals surface area contributed by atoms with Crippen molar-refractivity contribution in [3.05, 3.63) is 64.4 Å². The third-order valence-electron chi connectivity index (χ3n) is 3.60. The second-order valence-electron chi connectivity index (χ2n) is 5.85. The van der Waals surface area contributed by atoms with Crippen molar-refractivity contribution in [3.63, 3.8) is 0 Å². The third kappa shape index (κ3) is 4.30. The van der Waals surface area contributed by atoms with Crippen LogP contribution in [0.4, 0.5) is 19.0 Å². The first-order valence-electron chi connectivity index (χ1n) is 7.69. The highest BCUT2D eigenvalue weighted by Gasteiger charge is 2.32. The molecular weight excluding hydrogens is 401 g/mol. The van der Waals surface area contributed by atoms with Crippen molar-refractivity contribution in [2.24, 2.45) is 0 Å². The maximum absolute atomic E-state index is 12.8. The van der Waals surface area contributed by atoms with E-state index in [0.29, 0.717) is 11.1 Å². The van der Waals surface area contributed by atoms with Crippen LogP contribution in [0.1, 0.15) is 16.7 Å². The Morgan fingerprint density at radius 1 is 1.15 bits per heavy atom. The summed E-state index contributed by atoms with van der Waals surface area (Å²) in [6.45, 7) is 3.79. The van der Waals surface area contributed by atoms with Crippen molar-refractivity contribution in [3.8, 4) is 5.82 Å². The van der Waals surface area contributed by atoms with Crippen LogP contribution in [0, 0.1) is 13.8 Å².